The summed E-state index contributed by atoms with van der Waals surface area (Å²) in [4.78, 5) is 0. The van der Waals surface area contributed by atoms with Crippen LogP contribution in [0.25, 0.3) is 0 Å². The minimum Gasteiger partial charge on any atom is -0.118 e. The van der Waals surface area contributed by atoms with Crippen molar-refractivity contribution in [3.8, 4) is 0 Å². The molecular weight excluding hydrogens is 294 g/mol. The first-order valence-electron chi connectivity index (χ1n) is 3.75. The van der Waals surface area contributed by atoms with Crippen molar-refractivity contribution in [1.29, 1.82) is 0 Å². The van der Waals surface area contributed by atoms with Gasteiger partial charge in [-0.3, -0.25) is 0 Å². The van der Waals surface area contributed by atoms with E-state index in [9.17, 15) is 0 Å². The fourth-order valence-electron chi connectivity index (χ4n) is 0.983. The van der Waals surface area contributed by atoms with Crippen LogP contribution in [-0.2, 0) is 0 Å². The van der Waals surface area contributed by atoms with Gasteiger partial charge in [0, 0.05) is 6.42 Å². The summed E-state index contributed by atoms with van der Waals surface area (Å²) in [7, 11) is 0. The van der Waals surface area contributed by atoms with Gasteiger partial charge in [-0.1, -0.05) is 53.5 Å². The normalized spacial score (nSPS) is 14.2. The van der Waals surface area contributed by atoms with Gasteiger partial charge in [0.15, 0.2) is 3.24 Å². The van der Waals surface area contributed by atoms with E-state index < -0.39 is 3.24 Å². The molecule has 0 aromatic heterocycles. The highest BCUT2D eigenvalue weighted by atomic mass is 79.9. The molecule has 1 aromatic carbocycles. The average molecular weight is 302 g/mol. The van der Waals surface area contributed by atoms with Gasteiger partial charge in [-0.05, 0) is 21.5 Å². The summed E-state index contributed by atoms with van der Waals surface area (Å²) in [5.74, 6) is 0. The van der Waals surface area contributed by atoms with Crippen LogP contribution in [0.5, 0.6) is 0 Å². The smallest absolute Gasteiger partial charge is 0.118 e. The minimum atomic E-state index is -0.949. The summed E-state index contributed by atoms with van der Waals surface area (Å²) < 4.78 is -0.949. The maximum Gasteiger partial charge on any atom is 0.173 e. The van der Waals surface area contributed by atoms with Crippen molar-refractivity contribution < 1.29 is 0 Å². The fraction of sp³-hybridized carbons (Fsp3) is 0.333. The molecule has 0 saturated carbocycles. The summed E-state index contributed by atoms with van der Waals surface area (Å²) in [6.45, 7) is 0. The van der Waals surface area contributed by atoms with E-state index in [4.69, 9.17) is 34.8 Å². The molecule has 1 atom stereocenters. The van der Waals surface area contributed by atoms with Crippen LogP contribution in [0.4, 0.5) is 0 Å². The Bertz CT molecular complexity index is 255. The molecule has 0 N–H and O–H groups in total. The van der Waals surface area contributed by atoms with Gasteiger partial charge in [0.2, 0.25) is 0 Å². The van der Waals surface area contributed by atoms with Crippen molar-refractivity contribution in [2.45, 2.75) is 15.0 Å². The molecule has 4 heteroatoms. The summed E-state index contributed by atoms with van der Waals surface area (Å²) in [5, 5.41) is -0.171. The molecule has 1 aromatic rings. The van der Waals surface area contributed by atoms with E-state index in [2.05, 4.69) is 15.9 Å². The Balaban J connectivity index is 2.64. The summed E-state index contributed by atoms with van der Waals surface area (Å²) in [5.41, 5.74) is 1.02. The van der Waals surface area contributed by atoms with Crippen LogP contribution in [0.3, 0.4) is 0 Å². The molecule has 0 spiro atoms. The van der Waals surface area contributed by atoms with Crippen LogP contribution < -0.4 is 0 Å². The Hall–Kier alpha value is 0.570. The lowest BCUT2D eigenvalue weighted by Gasteiger charge is -2.15. The molecular formula is C9H8BrCl3. The Labute approximate surface area is 101 Å². The first-order chi connectivity index (χ1) is 5.99. The molecule has 0 radical (unpaired) electrons. The predicted octanol–water partition coefficient (Wildman–Crippen LogP) is 4.88. The van der Waals surface area contributed by atoms with Crippen LogP contribution in [0.1, 0.15) is 17.4 Å². The SMILES string of the molecule is ClC(CC(Cl)(Cl)Br)c1ccccc1. The third-order valence-electron chi connectivity index (χ3n) is 1.57. The third kappa shape index (κ3) is 4.55. The van der Waals surface area contributed by atoms with Crippen molar-refractivity contribution in [3.63, 3.8) is 0 Å². The average Bonchev–Trinajstić information content (AvgIpc) is 2.03. The largest absolute Gasteiger partial charge is 0.173 e. The highest BCUT2D eigenvalue weighted by molar-refractivity contribution is 9.11. The van der Waals surface area contributed by atoms with Crippen molar-refractivity contribution in [3.05, 3.63) is 35.9 Å². The molecule has 13 heavy (non-hydrogen) atoms. The molecule has 0 saturated heterocycles. The van der Waals surface area contributed by atoms with Crippen LogP contribution in [0, 0.1) is 0 Å². The lowest BCUT2D eigenvalue weighted by Crippen LogP contribution is -2.05. The van der Waals surface area contributed by atoms with E-state index in [-0.39, 0.29) is 5.38 Å². The molecule has 0 bridgehead atoms. The number of benzene rings is 1. The van der Waals surface area contributed by atoms with Gasteiger partial charge in [0.05, 0.1) is 5.38 Å². The van der Waals surface area contributed by atoms with E-state index in [1.807, 2.05) is 30.3 Å². The molecule has 1 unspecified atom stereocenters. The standard InChI is InChI=1S/C9H8BrCl3/c10-9(12,13)6-8(11)7-4-2-1-3-5-7/h1-5,8H,6H2. The predicted molar refractivity (Wildman–Crippen MR) is 63.0 cm³/mol. The van der Waals surface area contributed by atoms with E-state index in [1.54, 1.807) is 0 Å². The number of rotatable bonds is 3. The Kier molecular flexibility index (Phi) is 4.37. The molecule has 0 amide bonds. The Morgan fingerprint density at radius 2 is 1.77 bits per heavy atom. The highest BCUT2D eigenvalue weighted by Crippen LogP contribution is 2.40. The maximum atomic E-state index is 6.09. The maximum absolute atomic E-state index is 6.09. The molecule has 0 nitrogen and oxygen atoms in total. The minimum absolute atomic E-state index is 0.171. The van der Waals surface area contributed by atoms with Gasteiger partial charge >= 0.3 is 0 Å². The quantitative estimate of drug-likeness (QED) is 0.698. The molecule has 1 rings (SSSR count). The molecule has 0 aliphatic rings. The molecule has 0 heterocycles. The Morgan fingerprint density at radius 3 is 2.23 bits per heavy atom. The van der Waals surface area contributed by atoms with Crippen molar-refractivity contribution in [1.82, 2.24) is 0 Å². The van der Waals surface area contributed by atoms with Crippen molar-refractivity contribution in [2.24, 2.45) is 0 Å². The number of alkyl halides is 4. The van der Waals surface area contributed by atoms with E-state index in [0.29, 0.717) is 6.42 Å². The van der Waals surface area contributed by atoms with Gasteiger partial charge in [-0.25, -0.2) is 0 Å². The van der Waals surface area contributed by atoms with Gasteiger partial charge in [-0.2, -0.15) is 0 Å². The zero-order chi connectivity index (χ0) is 9.90. The first kappa shape index (κ1) is 11.6. The van der Waals surface area contributed by atoms with Gasteiger partial charge in [-0.15, -0.1) is 11.6 Å². The van der Waals surface area contributed by atoms with E-state index in [0.717, 1.165) is 5.56 Å². The van der Waals surface area contributed by atoms with Crippen LogP contribution in [0.15, 0.2) is 30.3 Å². The zero-order valence-electron chi connectivity index (χ0n) is 6.68. The highest BCUT2D eigenvalue weighted by Gasteiger charge is 2.24. The van der Waals surface area contributed by atoms with Gasteiger partial charge in [0.25, 0.3) is 0 Å². The monoisotopic (exact) mass is 300 g/mol. The number of hydrogen-bond donors (Lipinski definition) is 0. The molecule has 72 valence electrons. The summed E-state index contributed by atoms with van der Waals surface area (Å²) >= 11 is 20.8. The number of hydrogen-bond acceptors (Lipinski definition) is 0. The van der Waals surface area contributed by atoms with Crippen molar-refractivity contribution >= 4 is 50.7 Å². The fourth-order valence-corrected chi connectivity index (χ4v) is 2.34. The zero-order valence-corrected chi connectivity index (χ0v) is 10.5. The van der Waals surface area contributed by atoms with Crippen molar-refractivity contribution in [2.75, 3.05) is 0 Å². The lowest BCUT2D eigenvalue weighted by atomic mass is 10.1. The summed E-state index contributed by atoms with van der Waals surface area (Å²) in [6.07, 6.45) is 0.460. The lowest BCUT2D eigenvalue weighted by molar-refractivity contribution is 0.836. The van der Waals surface area contributed by atoms with Gasteiger partial charge < -0.3 is 0 Å². The van der Waals surface area contributed by atoms with E-state index >= 15 is 0 Å². The second-order valence-electron chi connectivity index (χ2n) is 2.70. The number of halogens is 4. The molecule has 0 aliphatic carbocycles. The second kappa shape index (κ2) is 4.88. The van der Waals surface area contributed by atoms with E-state index in [1.165, 1.54) is 0 Å². The topological polar surface area (TPSA) is 0 Å². The Morgan fingerprint density at radius 1 is 1.23 bits per heavy atom. The summed E-state index contributed by atoms with van der Waals surface area (Å²) in [6, 6.07) is 9.70. The van der Waals surface area contributed by atoms with Crippen LogP contribution in [-0.4, -0.2) is 3.24 Å². The molecule has 0 fully saturated rings. The second-order valence-corrected chi connectivity index (χ2v) is 6.98. The third-order valence-corrected chi connectivity index (χ3v) is 2.61. The first-order valence-corrected chi connectivity index (χ1v) is 5.73. The van der Waals surface area contributed by atoms with Crippen LogP contribution >= 0.6 is 50.7 Å². The molecule has 0 aliphatic heterocycles. The van der Waals surface area contributed by atoms with Gasteiger partial charge in [0.1, 0.15) is 0 Å². The van der Waals surface area contributed by atoms with Crippen LogP contribution in [0.2, 0.25) is 0 Å².